The van der Waals surface area contributed by atoms with Crippen LogP contribution in [0.25, 0.3) is 22.2 Å². The van der Waals surface area contributed by atoms with Crippen molar-refractivity contribution in [3.63, 3.8) is 0 Å². The van der Waals surface area contributed by atoms with Gasteiger partial charge in [-0.2, -0.15) is 17.0 Å². The van der Waals surface area contributed by atoms with Crippen LogP contribution in [0.4, 0.5) is 4.39 Å². The van der Waals surface area contributed by atoms with Crippen molar-refractivity contribution in [3.8, 4) is 16.9 Å². The molecule has 0 radical (unpaired) electrons. The van der Waals surface area contributed by atoms with Gasteiger partial charge in [0.05, 0.1) is 7.11 Å². The number of piperidine rings is 1. The molecule has 1 N–H and O–H groups in total. The van der Waals surface area contributed by atoms with Gasteiger partial charge in [0, 0.05) is 55.9 Å². The number of aromatic amines is 1. The Balaban J connectivity index is 1.65. The molecule has 3 heterocycles. The average molecular weight is 433 g/mol. The lowest BCUT2D eigenvalue weighted by Crippen LogP contribution is -2.44. The number of benzene rings is 1. The van der Waals surface area contributed by atoms with Gasteiger partial charge >= 0.3 is 0 Å². The van der Waals surface area contributed by atoms with Gasteiger partial charge in [-0.05, 0) is 48.7 Å². The number of methoxy groups -OCH3 is 1. The minimum Gasteiger partial charge on any atom is -0.496 e. The van der Waals surface area contributed by atoms with Gasteiger partial charge in [-0.15, -0.1) is 0 Å². The first-order valence-electron chi connectivity index (χ1n) is 9.80. The molecule has 0 aliphatic carbocycles. The molecule has 9 heteroatoms. The first-order chi connectivity index (χ1) is 14.3. The molecule has 1 aliphatic rings. The lowest BCUT2D eigenvalue weighted by Gasteiger charge is -2.32. The highest BCUT2D eigenvalue weighted by molar-refractivity contribution is 7.86. The van der Waals surface area contributed by atoms with Crippen LogP contribution in [0.1, 0.15) is 24.5 Å². The molecule has 4 rings (SSSR count). The minimum absolute atomic E-state index is 0.204. The van der Waals surface area contributed by atoms with Gasteiger partial charge in [0.2, 0.25) is 0 Å². The molecular weight excluding hydrogens is 407 g/mol. The molecule has 1 aromatic carbocycles. The van der Waals surface area contributed by atoms with Crippen LogP contribution in [-0.4, -0.2) is 61.3 Å². The predicted octanol–water partition coefficient (Wildman–Crippen LogP) is 3.36. The Hall–Kier alpha value is -2.49. The molecule has 7 nitrogen and oxygen atoms in total. The molecule has 1 saturated heterocycles. The largest absolute Gasteiger partial charge is 0.496 e. The third kappa shape index (κ3) is 3.68. The normalized spacial score (nSPS) is 16.4. The summed E-state index contributed by atoms with van der Waals surface area (Å²) in [6.07, 6.45) is 3.13. The monoisotopic (exact) mass is 432 g/mol. The molecule has 3 aromatic rings. The van der Waals surface area contributed by atoms with E-state index >= 15 is 0 Å². The van der Waals surface area contributed by atoms with Crippen LogP contribution >= 0.6 is 0 Å². The third-order valence-corrected chi connectivity index (χ3v) is 7.63. The second-order valence-corrected chi connectivity index (χ2v) is 9.80. The van der Waals surface area contributed by atoms with Crippen molar-refractivity contribution in [1.82, 2.24) is 18.6 Å². The summed E-state index contributed by atoms with van der Waals surface area (Å²) in [5, 5.41) is 0.889. The maximum absolute atomic E-state index is 13.9. The molecule has 0 spiro atoms. The first-order valence-corrected chi connectivity index (χ1v) is 11.2. The van der Waals surface area contributed by atoms with E-state index < -0.39 is 10.2 Å². The summed E-state index contributed by atoms with van der Waals surface area (Å²) in [4.78, 5) is 7.81. The number of pyridine rings is 1. The molecule has 30 heavy (non-hydrogen) atoms. The van der Waals surface area contributed by atoms with E-state index in [2.05, 4.69) is 9.97 Å². The summed E-state index contributed by atoms with van der Waals surface area (Å²) >= 11 is 0. The number of H-pyrrole nitrogens is 1. The average Bonchev–Trinajstić information content (AvgIpc) is 3.18. The smallest absolute Gasteiger partial charge is 0.281 e. The summed E-state index contributed by atoms with van der Waals surface area (Å²) in [5.41, 5.74) is 3.24. The number of nitrogens with one attached hydrogen (secondary N) is 1. The van der Waals surface area contributed by atoms with Crippen LogP contribution in [0.2, 0.25) is 0 Å². The zero-order valence-corrected chi connectivity index (χ0v) is 18.0. The van der Waals surface area contributed by atoms with Crippen molar-refractivity contribution in [2.75, 3.05) is 34.3 Å². The Morgan fingerprint density at radius 1 is 1.17 bits per heavy atom. The van der Waals surface area contributed by atoms with E-state index in [1.54, 1.807) is 33.5 Å². The summed E-state index contributed by atoms with van der Waals surface area (Å²) in [6.45, 7) is 0.942. The molecule has 160 valence electrons. The highest BCUT2D eigenvalue weighted by Gasteiger charge is 2.30. The fourth-order valence-corrected chi connectivity index (χ4v) is 5.16. The quantitative estimate of drug-likeness (QED) is 0.671. The van der Waals surface area contributed by atoms with Crippen LogP contribution in [-0.2, 0) is 10.2 Å². The Bertz CT molecular complexity index is 1170. The maximum Gasteiger partial charge on any atom is 0.281 e. The molecule has 1 aliphatic heterocycles. The zero-order valence-electron chi connectivity index (χ0n) is 17.2. The van der Waals surface area contributed by atoms with Crippen molar-refractivity contribution in [1.29, 1.82) is 0 Å². The number of hydrogen-bond acceptors (Lipinski definition) is 4. The number of aromatic nitrogens is 2. The second-order valence-electron chi connectivity index (χ2n) is 7.65. The Morgan fingerprint density at radius 3 is 2.57 bits per heavy atom. The molecule has 0 unspecified atom stereocenters. The predicted molar refractivity (Wildman–Crippen MR) is 114 cm³/mol. The van der Waals surface area contributed by atoms with E-state index in [4.69, 9.17) is 4.74 Å². The fraction of sp³-hybridized carbons (Fsp3) is 0.381. The van der Waals surface area contributed by atoms with Gasteiger partial charge < -0.3 is 9.72 Å². The number of fused-ring (bicyclic) bond motifs is 1. The van der Waals surface area contributed by atoms with Crippen LogP contribution in [0.5, 0.6) is 5.75 Å². The maximum atomic E-state index is 13.9. The second kappa shape index (κ2) is 7.98. The molecule has 1 fully saturated rings. The van der Waals surface area contributed by atoms with E-state index in [1.807, 2.05) is 12.1 Å². The summed E-state index contributed by atoms with van der Waals surface area (Å²) in [6, 6.07) is 8.35. The summed E-state index contributed by atoms with van der Waals surface area (Å²) in [5.74, 6) is 0.463. The Labute approximate surface area is 175 Å². The van der Waals surface area contributed by atoms with Crippen LogP contribution in [0.15, 0.2) is 36.5 Å². The highest BCUT2D eigenvalue weighted by atomic mass is 32.2. The molecule has 0 saturated carbocycles. The van der Waals surface area contributed by atoms with Crippen LogP contribution in [0.3, 0.4) is 0 Å². The topological polar surface area (TPSA) is 78.5 Å². The summed E-state index contributed by atoms with van der Waals surface area (Å²) < 4.78 is 46.8. The van der Waals surface area contributed by atoms with Gasteiger partial charge in [-0.25, -0.2) is 9.37 Å². The van der Waals surface area contributed by atoms with E-state index in [1.165, 1.54) is 20.7 Å². The molecule has 0 atom stereocenters. The van der Waals surface area contributed by atoms with E-state index in [-0.39, 0.29) is 11.7 Å². The number of hydrogen-bond donors (Lipinski definition) is 1. The summed E-state index contributed by atoms with van der Waals surface area (Å²) in [7, 11) is 1.27. The molecule has 0 bridgehead atoms. The van der Waals surface area contributed by atoms with Gasteiger partial charge in [0.1, 0.15) is 17.2 Å². The number of ether oxygens (including phenoxy) is 1. The molecule has 2 aromatic heterocycles. The lowest BCUT2D eigenvalue weighted by molar-refractivity contribution is 0.300. The third-order valence-electron chi connectivity index (χ3n) is 5.69. The first kappa shape index (κ1) is 20.8. The Kier molecular flexibility index (Phi) is 5.52. The van der Waals surface area contributed by atoms with Crippen molar-refractivity contribution < 1.29 is 17.5 Å². The minimum atomic E-state index is -3.39. The van der Waals surface area contributed by atoms with Gasteiger partial charge in [-0.3, -0.25) is 0 Å². The lowest BCUT2D eigenvalue weighted by atomic mass is 9.94. The number of nitrogens with zero attached hydrogens (tertiary/aromatic N) is 3. The van der Waals surface area contributed by atoms with Crippen molar-refractivity contribution in [3.05, 3.63) is 48.0 Å². The number of rotatable bonds is 5. The highest BCUT2D eigenvalue weighted by Crippen LogP contribution is 2.37. The van der Waals surface area contributed by atoms with E-state index in [0.29, 0.717) is 24.4 Å². The molecule has 0 amide bonds. The Morgan fingerprint density at radius 2 is 1.90 bits per heavy atom. The van der Waals surface area contributed by atoms with Gasteiger partial charge in [-0.1, -0.05) is 0 Å². The van der Waals surface area contributed by atoms with Crippen LogP contribution in [0, 0.1) is 5.82 Å². The van der Waals surface area contributed by atoms with E-state index in [9.17, 15) is 12.8 Å². The van der Waals surface area contributed by atoms with Gasteiger partial charge in [0.15, 0.2) is 0 Å². The zero-order chi connectivity index (χ0) is 21.5. The standard InChI is InChI=1S/C21H25FN4O3S/c1-25(2)30(27,28)26-10-7-14(8-11-26)19-13-18-16(6-9-23-21(18)24-19)17-12-15(22)4-5-20(17)29-3/h4-6,9,12-14H,7-8,10-11H2,1-3H3,(H,23,24). The van der Waals surface area contributed by atoms with Gasteiger partial charge in [0.25, 0.3) is 10.2 Å². The van der Waals surface area contributed by atoms with Crippen molar-refractivity contribution in [2.24, 2.45) is 0 Å². The van der Waals surface area contributed by atoms with Crippen molar-refractivity contribution in [2.45, 2.75) is 18.8 Å². The molecular formula is C21H25FN4O3S. The van der Waals surface area contributed by atoms with E-state index in [0.717, 1.165) is 35.1 Å². The fourth-order valence-electron chi connectivity index (χ4n) is 4.02. The number of halogens is 1. The SMILES string of the molecule is COc1ccc(F)cc1-c1ccnc2[nH]c(C3CCN(S(=O)(=O)N(C)C)CC3)cc12. The van der Waals surface area contributed by atoms with Crippen molar-refractivity contribution >= 4 is 21.2 Å². The van der Waals surface area contributed by atoms with Crippen LogP contribution < -0.4 is 4.74 Å².